The molecule has 21 nitrogen and oxygen atoms in total. The van der Waals surface area contributed by atoms with Gasteiger partial charge in [0.05, 0.1) is 64.4 Å². The first-order valence-corrected chi connectivity index (χ1v) is 34.3. The van der Waals surface area contributed by atoms with E-state index in [1.165, 1.54) is 17.6 Å². The standard InChI is InChI=1S/C17H17ClN4.C15H19BrN4O.C14H19BrN4O2S.C13H15ClN4O2S/c18-13-10-16-15(12-19-20-16)17(11-13)22-8-6-21(7-9-22)14-4-2-1-3-5-14;1-10(21)20-5-4-19(9-15(20,2)3)14-7-11(16)6-13-12(14)8-17-18-13;1-14(2)9-18(4-5-19(14)22(3,20)21)13-7-10(15)6-12-11(13)8-16-17-12;14-9-5-12-11(7-15-16-12)13(6-9)17-2-3-18-10(8-17)1-4-21(18,19)20/h1-5,10-12H,6-9H2,(H,19,20);6-8H,4-5,9H2,1-3H3,(H,17,18);6-8H,4-5,9H2,1-3H3,(H,16,17);5-7,10H,1-4,8H2,(H,15,16). The molecule has 9 heterocycles. The summed E-state index contributed by atoms with van der Waals surface area (Å²) < 4.78 is 53.0. The van der Waals surface area contributed by atoms with E-state index < -0.39 is 25.6 Å². The average molecular weight is 1380 g/mol. The molecular weight excluding hydrogens is 1310 g/mol. The molecule has 1 amide bonds. The van der Waals surface area contributed by atoms with Gasteiger partial charge in [0, 0.05) is 173 Å². The number of fused-ring (bicyclic) bond motifs is 5. The minimum atomic E-state index is -3.20. The van der Waals surface area contributed by atoms with Gasteiger partial charge in [-0.15, -0.1) is 0 Å². The van der Waals surface area contributed by atoms with E-state index in [1.54, 1.807) is 21.7 Å². The lowest BCUT2D eigenvalue weighted by molar-refractivity contribution is -0.134. The molecule has 86 heavy (non-hydrogen) atoms. The molecule has 0 bridgehead atoms. The zero-order valence-corrected chi connectivity index (χ0v) is 55.1. The number of rotatable bonds is 6. The maximum absolute atomic E-state index is 12.0. The first-order valence-electron chi connectivity index (χ1n) is 28.5. The highest BCUT2D eigenvalue weighted by Crippen LogP contribution is 2.38. The number of benzene rings is 5. The van der Waals surface area contributed by atoms with E-state index in [1.807, 2.05) is 73.7 Å². The van der Waals surface area contributed by atoms with Crippen LogP contribution in [0.3, 0.4) is 0 Å². The summed E-state index contributed by atoms with van der Waals surface area (Å²) in [4.78, 5) is 25.3. The molecule has 1 unspecified atom stereocenters. The number of aromatic nitrogens is 8. The van der Waals surface area contributed by atoms with Crippen LogP contribution in [0.1, 0.15) is 41.0 Å². The predicted octanol–water partition coefficient (Wildman–Crippen LogP) is 9.94. The monoisotopic (exact) mass is 1370 g/mol. The summed E-state index contributed by atoms with van der Waals surface area (Å²) in [5, 5.41) is 34.1. The largest absolute Gasteiger partial charge is 0.368 e. The highest BCUT2D eigenvalue weighted by molar-refractivity contribution is 9.10. The van der Waals surface area contributed by atoms with Gasteiger partial charge in [-0.1, -0.05) is 73.3 Å². The number of nitrogens with zero attached hydrogens (tertiary/aromatic N) is 12. The highest BCUT2D eigenvalue weighted by atomic mass is 79.9. The smallest absolute Gasteiger partial charge is 0.220 e. The fourth-order valence-electron chi connectivity index (χ4n) is 12.8. The van der Waals surface area contributed by atoms with Gasteiger partial charge in [0.2, 0.25) is 26.0 Å². The third-order valence-electron chi connectivity index (χ3n) is 16.8. The molecule has 14 rings (SSSR count). The molecule has 4 aromatic heterocycles. The molecule has 9 aromatic rings. The Hall–Kier alpha value is -6.19. The molecule has 5 saturated heterocycles. The molecule has 0 saturated carbocycles. The average Bonchev–Trinajstić information content (AvgIpc) is 1.52. The van der Waals surface area contributed by atoms with Gasteiger partial charge in [-0.05, 0) is 94.8 Å². The van der Waals surface area contributed by atoms with Crippen molar-refractivity contribution < 1.29 is 21.6 Å². The van der Waals surface area contributed by atoms with Crippen molar-refractivity contribution in [3.8, 4) is 0 Å². The van der Waals surface area contributed by atoms with Crippen molar-refractivity contribution in [2.75, 3.05) is 122 Å². The molecule has 456 valence electrons. The van der Waals surface area contributed by atoms with Crippen molar-refractivity contribution in [3.63, 3.8) is 0 Å². The zero-order valence-electron chi connectivity index (χ0n) is 48.7. The van der Waals surface area contributed by atoms with Gasteiger partial charge in [-0.3, -0.25) is 25.2 Å². The van der Waals surface area contributed by atoms with Crippen LogP contribution in [0.25, 0.3) is 43.6 Å². The number of aromatic amines is 4. The van der Waals surface area contributed by atoms with Crippen molar-refractivity contribution in [2.24, 2.45) is 0 Å². The molecule has 1 atom stereocenters. The van der Waals surface area contributed by atoms with Gasteiger partial charge in [-0.25, -0.2) is 16.8 Å². The van der Waals surface area contributed by atoms with Crippen LogP contribution < -0.4 is 24.5 Å². The second kappa shape index (κ2) is 24.8. The Morgan fingerprint density at radius 2 is 1.00 bits per heavy atom. The lowest BCUT2D eigenvalue weighted by Gasteiger charge is -2.47. The van der Waals surface area contributed by atoms with E-state index in [2.05, 4.69) is 153 Å². The highest BCUT2D eigenvalue weighted by Gasteiger charge is 2.42. The molecule has 5 aliphatic rings. The quantitative estimate of drug-likeness (QED) is 0.122. The van der Waals surface area contributed by atoms with Gasteiger partial charge < -0.3 is 29.4 Å². The van der Waals surface area contributed by atoms with Crippen LogP contribution in [-0.4, -0.2) is 191 Å². The Kier molecular flexibility index (Phi) is 17.7. The number of sulfonamides is 2. The number of halogens is 4. The molecular formula is C59H70Br2Cl2N16O5S2. The number of hydrogen-bond acceptors (Lipinski definition) is 14. The number of carbonyl (C=O) groups is 1. The lowest BCUT2D eigenvalue weighted by atomic mass is 9.97. The number of carbonyl (C=O) groups excluding carboxylic acids is 1. The van der Waals surface area contributed by atoms with Gasteiger partial charge in [0.1, 0.15) is 0 Å². The molecule has 5 fully saturated rings. The fraction of sp³-hybridized carbons (Fsp3) is 0.407. The van der Waals surface area contributed by atoms with Crippen molar-refractivity contribution >= 4 is 153 Å². The predicted molar refractivity (Wildman–Crippen MR) is 353 cm³/mol. The number of anilines is 5. The SMILES string of the molecule is CC(=O)N1CCN(c2cc(Br)cc3[nH]ncc23)CC1(C)C.CC1(C)CN(c2cc(Br)cc3[nH]ncc23)CCN1S(C)(=O)=O.Clc1cc(N2CCN(c3ccccc3)CC2)c2cn[nH]c2c1.O=S1(=O)CCC2CN(c3cc(Cl)cc4[nH]ncc34)CCN21. The Balaban J connectivity index is 0.000000119. The van der Waals surface area contributed by atoms with E-state index in [4.69, 9.17) is 23.2 Å². The molecule has 4 N–H and O–H groups in total. The fourth-order valence-corrected chi connectivity index (χ4v) is 17.3. The molecule has 5 aliphatic heterocycles. The van der Waals surface area contributed by atoms with Crippen molar-refractivity contribution in [1.82, 2.24) is 54.3 Å². The number of hydrogen-bond donors (Lipinski definition) is 4. The number of nitrogens with one attached hydrogen (secondary N) is 4. The Labute approximate surface area is 527 Å². The second-order valence-electron chi connectivity index (χ2n) is 23.6. The molecule has 0 radical (unpaired) electrons. The van der Waals surface area contributed by atoms with E-state index in [0.717, 1.165) is 120 Å². The summed E-state index contributed by atoms with van der Waals surface area (Å²) in [7, 11) is -6.23. The van der Waals surface area contributed by atoms with Gasteiger partial charge in [0.15, 0.2) is 0 Å². The summed E-state index contributed by atoms with van der Waals surface area (Å²) in [6, 6.07) is 26.6. The van der Waals surface area contributed by atoms with Gasteiger partial charge in [-0.2, -0.15) is 29.0 Å². The molecule has 0 aliphatic carbocycles. The number of amides is 1. The summed E-state index contributed by atoms with van der Waals surface area (Å²) in [6.45, 7) is 19.9. The Morgan fingerprint density at radius 3 is 1.48 bits per heavy atom. The summed E-state index contributed by atoms with van der Waals surface area (Å²) >= 11 is 19.5. The summed E-state index contributed by atoms with van der Waals surface area (Å²) in [5.41, 5.74) is 8.96. The summed E-state index contributed by atoms with van der Waals surface area (Å²) in [5.74, 6) is 0.407. The molecule has 0 spiro atoms. The van der Waals surface area contributed by atoms with Crippen LogP contribution in [0.5, 0.6) is 0 Å². The number of H-pyrrole nitrogens is 4. The second-order valence-corrected chi connectivity index (χ2v) is 30.3. The van der Waals surface area contributed by atoms with Crippen molar-refractivity contribution in [1.29, 1.82) is 0 Å². The zero-order chi connectivity index (χ0) is 60.9. The summed E-state index contributed by atoms with van der Waals surface area (Å²) in [6.07, 6.45) is 9.32. The van der Waals surface area contributed by atoms with Crippen LogP contribution in [0.15, 0.2) is 113 Å². The minimum absolute atomic E-state index is 0.0738. The third-order valence-corrected chi connectivity index (χ3v) is 21.6. The first-order chi connectivity index (χ1) is 40.9. The van der Waals surface area contributed by atoms with E-state index in [-0.39, 0.29) is 23.2 Å². The van der Waals surface area contributed by atoms with Crippen LogP contribution in [0, 0.1) is 0 Å². The van der Waals surface area contributed by atoms with Crippen LogP contribution in [0.2, 0.25) is 10.0 Å². The van der Waals surface area contributed by atoms with E-state index >= 15 is 0 Å². The molecule has 5 aromatic carbocycles. The maximum atomic E-state index is 12.0. The van der Waals surface area contributed by atoms with Crippen molar-refractivity contribution in [3.05, 3.63) is 123 Å². The topological polar surface area (TPSA) is 226 Å². The Morgan fingerprint density at radius 1 is 0.570 bits per heavy atom. The molecule has 27 heteroatoms. The van der Waals surface area contributed by atoms with Gasteiger partial charge in [0.25, 0.3) is 0 Å². The minimum Gasteiger partial charge on any atom is -0.368 e. The van der Waals surface area contributed by atoms with Gasteiger partial charge >= 0.3 is 0 Å². The third kappa shape index (κ3) is 13.2. The normalized spacial score (nSPS) is 19.7. The van der Waals surface area contributed by atoms with Crippen LogP contribution in [-0.2, 0) is 24.8 Å². The van der Waals surface area contributed by atoms with Crippen LogP contribution >= 0.6 is 55.1 Å². The number of para-hydroxylation sites is 1. The van der Waals surface area contributed by atoms with E-state index in [9.17, 15) is 21.6 Å². The van der Waals surface area contributed by atoms with Crippen LogP contribution in [0.4, 0.5) is 28.4 Å². The number of piperazine rings is 4. The first kappa shape index (κ1) is 61.5. The Bertz CT molecular complexity index is 4160. The van der Waals surface area contributed by atoms with E-state index in [0.29, 0.717) is 50.7 Å². The van der Waals surface area contributed by atoms with Crippen molar-refractivity contribution in [2.45, 2.75) is 58.2 Å². The lowest BCUT2D eigenvalue weighted by Crippen LogP contribution is -2.60. The maximum Gasteiger partial charge on any atom is 0.220 e.